The number of pyridine rings is 2. The van der Waals surface area contributed by atoms with Crippen molar-refractivity contribution in [1.29, 1.82) is 5.26 Å². The number of nitrogens with one attached hydrogen (secondary N) is 3. The molecule has 134 valence electrons. The molecular weight excluding hydrogens is 340 g/mol. The maximum atomic E-state index is 12.4. The number of fused-ring (bicyclic) bond motifs is 1. The minimum atomic E-state index is -0.107. The van der Waals surface area contributed by atoms with E-state index in [-0.39, 0.29) is 11.9 Å². The third kappa shape index (κ3) is 3.86. The summed E-state index contributed by atoms with van der Waals surface area (Å²) in [6.07, 6.45) is 2.54. The van der Waals surface area contributed by atoms with Gasteiger partial charge in [0.2, 0.25) is 0 Å². The van der Waals surface area contributed by atoms with E-state index in [0.29, 0.717) is 22.8 Å². The molecular formula is C20H18N6O. The molecule has 1 fully saturated rings. The van der Waals surface area contributed by atoms with Crippen LogP contribution in [0.2, 0.25) is 0 Å². The lowest BCUT2D eigenvalue weighted by Gasteiger charge is -2.12. The van der Waals surface area contributed by atoms with Gasteiger partial charge in [-0.25, -0.2) is 9.97 Å². The first-order valence-electron chi connectivity index (χ1n) is 8.77. The number of benzene rings is 1. The van der Waals surface area contributed by atoms with Crippen LogP contribution in [0.15, 0.2) is 48.7 Å². The lowest BCUT2D eigenvalue weighted by Crippen LogP contribution is -2.36. The Morgan fingerprint density at radius 3 is 2.93 bits per heavy atom. The molecule has 0 bridgehead atoms. The minimum Gasteiger partial charge on any atom is -0.348 e. The van der Waals surface area contributed by atoms with Crippen LogP contribution >= 0.6 is 0 Å². The largest absolute Gasteiger partial charge is 0.348 e. The third-order valence-corrected chi connectivity index (χ3v) is 4.49. The third-order valence-electron chi connectivity index (χ3n) is 4.49. The van der Waals surface area contributed by atoms with Gasteiger partial charge < -0.3 is 16.0 Å². The van der Waals surface area contributed by atoms with Crippen molar-refractivity contribution in [1.82, 2.24) is 20.6 Å². The van der Waals surface area contributed by atoms with Gasteiger partial charge in [-0.3, -0.25) is 4.79 Å². The van der Waals surface area contributed by atoms with Crippen LogP contribution < -0.4 is 16.0 Å². The lowest BCUT2D eigenvalue weighted by atomic mass is 10.1. The number of nitrogens with zero attached hydrogens (tertiary/aromatic N) is 3. The molecule has 0 saturated carbocycles. The topological polar surface area (TPSA) is 103 Å². The SMILES string of the molecule is N#Cc1ccc2nc(Nc3cc(C(=O)NC4CCNC4)ccn3)ccc2c1. The second kappa shape index (κ2) is 7.40. The second-order valence-electron chi connectivity index (χ2n) is 6.43. The van der Waals surface area contributed by atoms with Crippen LogP contribution in [0.1, 0.15) is 22.3 Å². The average Bonchev–Trinajstić information content (AvgIpc) is 3.21. The maximum absolute atomic E-state index is 12.4. The Hall–Kier alpha value is -3.50. The molecule has 3 heterocycles. The van der Waals surface area contributed by atoms with Crippen LogP contribution in [0.5, 0.6) is 0 Å². The van der Waals surface area contributed by atoms with Crippen LogP contribution in [-0.2, 0) is 0 Å². The Morgan fingerprint density at radius 2 is 2.11 bits per heavy atom. The highest BCUT2D eigenvalue weighted by molar-refractivity contribution is 5.95. The quantitative estimate of drug-likeness (QED) is 0.661. The maximum Gasteiger partial charge on any atom is 0.251 e. The summed E-state index contributed by atoms with van der Waals surface area (Å²) in [7, 11) is 0. The number of nitriles is 1. The Labute approximate surface area is 156 Å². The Bertz CT molecular complexity index is 1040. The molecule has 0 radical (unpaired) electrons. The fourth-order valence-corrected chi connectivity index (χ4v) is 3.08. The number of hydrogen-bond acceptors (Lipinski definition) is 6. The van der Waals surface area contributed by atoms with E-state index < -0.39 is 0 Å². The van der Waals surface area contributed by atoms with E-state index in [0.717, 1.165) is 30.4 Å². The highest BCUT2D eigenvalue weighted by Gasteiger charge is 2.17. The lowest BCUT2D eigenvalue weighted by molar-refractivity contribution is 0.0940. The zero-order valence-electron chi connectivity index (χ0n) is 14.6. The molecule has 7 heteroatoms. The van der Waals surface area contributed by atoms with Gasteiger partial charge in [-0.05, 0) is 55.4 Å². The number of rotatable bonds is 4. The van der Waals surface area contributed by atoms with Gasteiger partial charge in [0.05, 0.1) is 17.1 Å². The Morgan fingerprint density at radius 1 is 1.19 bits per heavy atom. The number of carbonyl (C=O) groups excluding carboxylic acids is 1. The van der Waals surface area contributed by atoms with Crippen molar-refractivity contribution in [3.63, 3.8) is 0 Å². The van der Waals surface area contributed by atoms with E-state index in [4.69, 9.17) is 5.26 Å². The molecule has 2 aromatic heterocycles. The summed E-state index contributed by atoms with van der Waals surface area (Å²) < 4.78 is 0. The molecule has 3 aromatic rings. The smallest absolute Gasteiger partial charge is 0.251 e. The molecule has 0 aliphatic carbocycles. The van der Waals surface area contributed by atoms with Crippen LogP contribution in [0.3, 0.4) is 0 Å². The van der Waals surface area contributed by atoms with Crippen molar-refractivity contribution in [2.45, 2.75) is 12.5 Å². The molecule has 1 unspecified atom stereocenters. The van der Waals surface area contributed by atoms with Crippen LogP contribution in [0, 0.1) is 11.3 Å². The molecule has 1 aliphatic heterocycles. The normalized spacial score (nSPS) is 16.0. The summed E-state index contributed by atoms with van der Waals surface area (Å²) in [6.45, 7) is 1.73. The number of amides is 1. The number of aromatic nitrogens is 2. The van der Waals surface area contributed by atoms with Crippen molar-refractivity contribution >= 4 is 28.4 Å². The summed E-state index contributed by atoms with van der Waals surface area (Å²) in [5.74, 6) is 1.06. The Kier molecular flexibility index (Phi) is 4.64. The first-order chi connectivity index (χ1) is 13.2. The first-order valence-corrected chi connectivity index (χ1v) is 8.77. The molecule has 1 atom stereocenters. The van der Waals surface area contributed by atoms with Crippen molar-refractivity contribution in [2.24, 2.45) is 0 Å². The molecule has 1 aromatic carbocycles. The predicted octanol–water partition coefficient (Wildman–Crippen LogP) is 2.34. The highest BCUT2D eigenvalue weighted by atomic mass is 16.1. The van der Waals surface area contributed by atoms with Gasteiger partial charge in [0.25, 0.3) is 5.91 Å². The van der Waals surface area contributed by atoms with Gasteiger partial charge >= 0.3 is 0 Å². The van der Waals surface area contributed by atoms with Crippen LogP contribution in [-0.4, -0.2) is 35.0 Å². The monoisotopic (exact) mass is 358 g/mol. The standard InChI is InChI=1S/C20H18N6O/c21-11-13-1-3-17-14(9-13)2-4-18(25-17)26-19-10-15(5-8-23-19)20(27)24-16-6-7-22-12-16/h1-5,8-10,16,22H,6-7,12H2,(H,24,27)(H,23,25,26). The second-order valence-corrected chi connectivity index (χ2v) is 6.43. The number of anilines is 2. The zero-order chi connectivity index (χ0) is 18.6. The van der Waals surface area contributed by atoms with Crippen molar-refractivity contribution in [2.75, 3.05) is 18.4 Å². The van der Waals surface area contributed by atoms with E-state index in [1.165, 1.54) is 0 Å². The molecule has 4 rings (SSSR count). The van der Waals surface area contributed by atoms with E-state index in [2.05, 4.69) is 32.0 Å². The van der Waals surface area contributed by atoms with Gasteiger partial charge in [0.1, 0.15) is 11.6 Å². The van der Waals surface area contributed by atoms with Gasteiger partial charge in [0.15, 0.2) is 0 Å². The molecule has 0 spiro atoms. The van der Waals surface area contributed by atoms with E-state index >= 15 is 0 Å². The minimum absolute atomic E-state index is 0.107. The Balaban J connectivity index is 1.51. The molecule has 1 saturated heterocycles. The zero-order valence-corrected chi connectivity index (χ0v) is 14.6. The molecule has 1 amide bonds. The fraction of sp³-hybridized carbons (Fsp3) is 0.200. The van der Waals surface area contributed by atoms with Crippen molar-refractivity contribution < 1.29 is 4.79 Å². The van der Waals surface area contributed by atoms with Crippen molar-refractivity contribution in [3.8, 4) is 6.07 Å². The van der Waals surface area contributed by atoms with Gasteiger partial charge in [-0.1, -0.05) is 0 Å². The summed E-state index contributed by atoms with van der Waals surface area (Å²) in [5.41, 5.74) is 1.93. The molecule has 7 nitrogen and oxygen atoms in total. The highest BCUT2D eigenvalue weighted by Crippen LogP contribution is 2.19. The number of carbonyl (C=O) groups is 1. The predicted molar refractivity (Wildman–Crippen MR) is 103 cm³/mol. The summed E-state index contributed by atoms with van der Waals surface area (Å²) in [6, 6.07) is 14.8. The summed E-state index contributed by atoms with van der Waals surface area (Å²) >= 11 is 0. The fourth-order valence-electron chi connectivity index (χ4n) is 3.08. The van der Waals surface area contributed by atoms with Gasteiger partial charge in [-0.15, -0.1) is 0 Å². The van der Waals surface area contributed by atoms with Crippen LogP contribution in [0.4, 0.5) is 11.6 Å². The number of hydrogen-bond donors (Lipinski definition) is 3. The molecule has 27 heavy (non-hydrogen) atoms. The molecule has 3 N–H and O–H groups in total. The van der Waals surface area contributed by atoms with Crippen molar-refractivity contribution in [3.05, 3.63) is 59.8 Å². The van der Waals surface area contributed by atoms with Gasteiger partial charge in [0, 0.05) is 29.7 Å². The summed E-state index contributed by atoms with van der Waals surface area (Å²) in [5, 5.41) is 19.3. The average molecular weight is 358 g/mol. The van der Waals surface area contributed by atoms with Gasteiger partial charge in [-0.2, -0.15) is 5.26 Å². The first kappa shape index (κ1) is 16.9. The van der Waals surface area contributed by atoms with E-state index in [1.54, 1.807) is 30.5 Å². The van der Waals surface area contributed by atoms with Crippen LogP contribution in [0.25, 0.3) is 10.9 Å². The van der Waals surface area contributed by atoms with E-state index in [9.17, 15) is 4.79 Å². The molecule has 1 aliphatic rings. The summed E-state index contributed by atoms with van der Waals surface area (Å²) in [4.78, 5) is 21.2. The van der Waals surface area contributed by atoms with E-state index in [1.807, 2.05) is 18.2 Å².